The minimum Gasteiger partial charge on any atom is -0.348 e. The minimum absolute atomic E-state index is 0.0791. The second kappa shape index (κ2) is 9.51. The van der Waals surface area contributed by atoms with Gasteiger partial charge in [0.2, 0.25) is 5.91 Å². The second-order valence-corrected chi connectivity index (χ2v) is 7.90. The van der Waals surface area contributed by atoms with Crippen LogP contribution in [0.15, 0.2) is 54.6 Å². The van der Waals surface area contributed by atoms with Gasteiger partial charge in [-0.05, 0) is 36.0 Å². The maximum absolute atomic E-state index is 12.6. The predicted octanol–water partition coefficient (Wildman–Crippen LogP) is 3.53. The van der Waals surface area contributed by atoms with Gasteiger partial charge in [-0.2, -0.15) is 0 Å². The van der Waals surface area contributed by atoms with Crippen molar-refractivity contribution in [3.63, 3.8) is 0 Å². The number of likely N-dealkylation sites (tertiary alicyclic amines) is 1. The molecular weight excluding hydrogens is 350 g/mol. The summed E-state index contributed by atoms with van der Waals surface area (Å²) in [6.07, 6.45) is 1.21. The molecule has 2 N–H and O–H groups in total. The smallest absolute Gasteiger partial charge is 0.253 e. The number of carbonyl (C=O) groups is 2. The van der Waals surface area contributed by atoms with Gasteiger partial charge >= 0.3 is 0 Å². The standard InChI is InChI=1S/C23H29N3O2/c1-17-12-18(2)15-26(14-17)16-22(27)25-21-11-7-6-10-20(21)23(28)24-13-19-8-4-3-5-9-19/h3-11,17-18H,12-16H2,1-2H3,(H,24,28)(H,25,27)/t17-,18-/m1/s1. The van der Waals surface area contributed by atoms with Crippen LogP contribution in [-0.4, -0.2) is 36.3 Å². The molecule has 0 bridgehead atoms. The van der Waals surface area contributed by atoms with E-state index in [-0.39, 0.29) is 11.8 Å². The number of hydrogen-bond donors (Lipinski definition) is 2. The summed E-state index contributed by atoms with van der Waals surface area (Å²) >= 11 is 0. The number of hydrogen-bond acceptors (Lipinski definition) is 3. The van der Waals surface area contributed by atoms with Crippen LogP contribution < -0.4 is 10.6 Å². The molecule has 0 aromatic heterocycles. The Bertz CT molecular complexity index is 797. The number of rotatable bonds is 6. The number of anilines is 1. The first-order valence-corrected chi connectivity index (χ1v) is 9.94. The monoisotopic (exact) mass is 379 g/mol. The van der Waals surface area contributed by atoms with Crippen molar-refractivity contribution >= 4 is 17.5 Å². The number of amides is 2. The van der Waals surface area contributed by atoms with E-state index >= 15 is 0 Å². The summed E-state index contributed by atoms with van der Waals surface area (Å²) < 4.78 is 0. The first-order valence-electron chi connectivity index (χ1n) is 9.94. The summed E-state index contributed by atoms with van der Waals surface area (Å²) in [4.78, 5) is 27.4. The van der Waals surface area contributed by atoms with Gasteiger partial charge in [0, 0.05) is 19.6 Å². The molecular formula is C23H29N3O2. The van der Waals surface area contributed by atoms with Crippen molar-refractivity contribution in [2.24, 2.45) is 11.8 Å². The lowest BCUT2D eigenvalue weighted by Crippen LogP contribution is -2.43. The molecule has 3 rings (SSSR count). The van der Waals surface area contributed by atoms with E-state index in [1.165, 1.54) is 6.42 Å². The number of benzene rings is 2. The van der Waals surface area contributed by atoms with Crippen LogP contribution in [0.4, 0.5) is 5.69 Å². The molecule has 0 saturated carbocycles. The molecule has 0 spiro atoms. The number of para-hydroxylation sites is 1. The van der Waals surface area contributed by atoms with Gasteiger partial charge in [-0.15, -0.1) is 0 Å². The fourth-order valence-electron chi connectivity index (χ4n) is 3.98. The third-order valence-corrected chi connectivity index (χ3v) is 5.05. The highest BCUT2D eigenvalue weighted by Crippen LogP contribution is 2.21. The first kappa shape index (κ1) is 20.1. The third kappa shape index (κ3) is 5.67. The van der Waals surface area contributed by atoms with Crippen LogP contribution in [-0.2, 0) is 11.3 Å². The molecule has 28 heavy (non-hydrogen) atoms. The van der Waals surface area contributed by atoms with Gasteiger partial charge < -0.3 is 10.6 Å². The predicted molar refractivity (Wildman–Crippen MR) is 112 cm³/mol. The van der Waals surface area contributed by atoms with Crippen molar-refractivity contribution in [2.75, 3.05) is 25.0 Å². The molecule has 148 valence electrons. The molecule has 2 amide bonds. The maximum atomic E-state index is 12.6. The highest BCUT2D eigenvalue weighted by atomic mass is 16.2. The Morgan fingerprint density at radius 3 is 2.32 bits per heavy atom. The fraction of sp³-hybridized carbons (Fsp3) is 0.391. The van der Waals surface area contributed by atoms with Crippen molar-refractivity contribution in [3.05, 3.63) is 65.7 Å². The van der Waals surface area contributed by atoms with E-state index < -0.39 is 0 Å². The zero-order chi connectivity index (χ0) is 19.9. The fourth-order valence-corrected chi connectivity index (χ4v) is 3.98. The van der Waals surface area contributed by atoms with Gasteiger partial charge in [0.25, 0.3) is 5.91 Å². The van der Waals surface area contributed by atoms with Gasteiger partial charge in [0.15, 0.2) is 0 Å². The van der Waals surface area contributed by atoms with E-state index in [0.717, 1.165) is 18.7 Å². The van der Waals surface area contributed by atoms with E-state index in [0.29, 0.717) is 36.2 Å². The summed E-state index contributed by atoms with van der Waals surface area (Å²) in [6.45, 7) is 7.15. The molecule has 0 radical (unpaired) electrons. The lowest BCUT2D eigenvalue weighted by atomic mass is 9.92. The quantitative estimate of drug-likeness (QED) is 0.807. The Hall–Kier alpha value is -2.66. The summed E-state index contributed by atoms with van der Waals surface area (Å²) in [5.41, 5.74) is 2.06. The molecule has 1 aliphatic rings. The number of piperidine rings is 1. The van der Waals surface area contributed by atoms with Crippen LogP contribution in [0.1, 0.15) is 36.2 Å². The lowest BCUT2D eigenvalue weighted by molar-refractivity contribution is -0.117. The SMILES string of the molecule is C[C@@H]1C[C@@H](C)CN(CC(=O)Nc2ccccc2C(=O)NCc2ccccc2)C1. The van der Waals surface area contributed by atoms with Crippen LogP contribution in [0.25, 0.3) is 0 Å². The molecule has 1 heterocycles. The van der Waals surface area contributed by atoms with Gasteiger partial charge in [0.1, 0.15) is 0 Å². The van der Waals surface area contributed by atoms with Crippen LogP contribution in [0.3, 0.4) is 0 Å². The normalized spacial score (nSPS) is 19.8. The Balaban J connectivity index is 1.60. The Morgan fingerprint density at radius 1 is 0.964 bits per heavy atom. The van der Waals surface area contributed by atoms with Crippen molar-refractivity contribution in [1.82, 2.24) is 10.2 Å². The number of carbonyl (C=O) groups excluding carboxylic acids is 2. The van der Waals surface area contributed by atoms with Crippen LogP contribution in [0.5, 0.6) is 0 Å². The average Bonchev–Trinajstić information content (AvgIpc) is 2.66. The third-order valence-electron chi connectivity index (χ3n) is 5.05. The molecule has 2 aromatic carbocycles. The molecule has 2 aromatic rings. The second-order valence-electron chi connectivity index (χ2n) is 7.90. The molecule has 0 unspecified atom stereocenters. The van der Waals surface area contributed by atoms with E-state index in [4.69, 9.17) is 0 Å². The van der Waals surface area contributed by atoms with E-state index in [2.05, 4.69) is 29.4 Å². The largest absolute Gasteiger partial charge is 0.348 e. The van der Waals surface area contributed by atoms with E-state index in [1.807, 2.05) is 36.4 Å². The van der Waals surface area contributed by atoms with E-state index in [1.54, 1.807) is 18.2 Å². The lowest BCUT2D eigenvalue weighted by Gasteiger charge is -2.34. The molecule has 1 aliphatic heterocycles. The zero-order valence-corrected chi connectivity index (χ0v) is 16.7. The van der Waals surface area contributed by atoms with Crippen molar-refractivity contribution < 1.29 is 9.59 Å². The molecule has 5 nitrogen and oxygen atoms in total. The van der Waals surface area contributed by atoms with Crippen LogP contribution >= 0.6 is 0 Å². The Kier molecular flexibility index (Phi) is 6.82. The van der Waals surface area contributed by atoms with Gasteiger partial charge in [-0.1, -0.05) is 56.3 Å². The number of nitrogens with one attached hydrogen (secondary N) is 2. The summed E-state index contributed by atoms with van der Waals surface area (Å²) in [6, 6.07) is 16.9. The van der Waals surface area contributed by atoms with Gasteiger partial charge in [-0.25, -0.2) is 0 Å². The van der Waals surface area contributed by atoms with Crippen LogP contribution in [0.2, 0.25) is 0 Å². The first-order chi connectivity index (χ1) is 13.5. The maximum Gasteiger partial charge on any atom is 0.253 e. The molecule has 1 saturated heterocycles. The molecule has 2 atom stereocenters. The minimum atomic E-state index is -0.194. The Morgan fingerprint density at radius 2 is 1.61 bits per heavy atom. The summed E-state index contributed by atoms with van der Waals surface area (Å²) in [5, 5.41) is 5.85. The van der Waals surface area contributed by atoms with Crippen LogP contribution in [0, 0.1) is 11.8 Å². The molecule has 0 aliphatic carbocycles. The van der Waals surface area contributed by atoms with E-state index in [9.17, 15) is 9.59 Å². The molecule has 1 fully saturated rings. The highest BCUT2D eigenvalue weighted by Gasteiger charge is 2.23. The summed E-state index contributed by atoms with van der Waals surface area (Å²) in [5.74, 6) is 0.935. The Labute approximate surface area is 167 Å². The van der Waals surface area contributed by atoms with Crippen molar-refractivity contribution in [3.8, 4) is 0 Å². The summed E-state index contributed by atoms with van der Waals surface area (Å²) in [7, 11) is 0. The number of nitrogens with zero attached hydrogens (tertiary/aromatic N) is 1. The zero-order valence-electron chi connectivity index (χ0n) is 16.7. The van der Waals surface area contributed by atoms with Gasteiger partial charge in [-0.3, -0.25) is 14.5 Å². The molecule has 5 heteroatoms. The van der Waals surface area contributed by atoms with Crippen molar-refractivity contribution in [1.29, 1.82) is 0 Å². The van der Waals surface area contributed by atoms with Gasteiger partial charge in [0.05, 0.1) is 17.8 Å². The highest BCUT2D eigenvalue weighted by molar-refractivity contribution is 6.04. The van der Waals surface area contributed by atoms with Crippen molar-refractivity contribution in [2.45, 2.75) is 26.8 Å². The average molecular weight is 380 g/mol. The topological polar surface area (TPSA) is 61.4 Å².